The molecule has 2 aromatic rings. The summed E-state index contributed by atoms with van der Waals surface area (Å²) in [5.74, 6) is 1.05. The quantitative estimate of drug-likeness (QED) is 0.818. The highest BCUT2D eigenvalue weighted by molar-refractivity contribution is 5.78. The van der Waals surface area contributed by atoms with Crippen molar-refractivity contribution in [2.45, 2.75) is 26.8 Å². The molecule has 1 aromatic carbocycles. The van der Waals surface area contributed by atoms with Gasteiger partial charge in [-0.2, -0.15) is 0 Å². The molecule has 2 N–H and O–H groups in total. The van der Waals surface area contributed by atoms with E-state index in [1.807, 2.05) is 6.08 Å². The summed E-state index contributed by atoms with van der Waals surface area (Å²) in [5, 5.41) is 0. The van der Waals surface area contributed by atoms with Crippen molar-refractivity contribution in [1.29, 1.82) is 0 Å². The van der Waals surface area contributed by atoms with Gasteiger partial charge in [-0.1, -0.05) is 6.08 Å². The summed E-state index contributed by atoms with van der Waals surface area (Å²) in [6.45, 7) is 9.46. The second kappa shape index (κ2) is 4.72. The smallest absolute Gasteiger partial charge is 0.111 e. The fourth-order valence-corrected chi connectivity index (χ4v) is 2.08. The van der Waals surface area contributed by atoms with Crippen LogP contribution in [0.15, 0.2) is 24.8 Å². The topological polar surface area (TPSA) is 43.8 Å². The van der Waals surface area contributed by atoms with Crippen LogP contribution in [0.3, 0.4) is 0 Å². The largest absolute Gasteiger partial charge is 0.330 e. The van der Waals surface area contributed by atoms with E-state index >= 15 is 0 Å². The van der Waals surface area contributed by atoms with Crippen molar-refractivity contribution in [3.8, 4) is 0 Å². The predicted molar refractivity (Wildman–Crippen MR) is 72.2 cm³/mol. The van der Waals surface area contributed by atoms with Crippen molar-refractivity contribution in [3.05, 3.63) is 41.7 Å². The number of imidazole rings is 1. The third kappa shape index (κ3) is 2.11. The van der Waals surface area contributed by atoms with Crippen LogP contribution in [0.25, 0.3) is 11.0 Å². The predicted octanol–water partition coefficient (Wildman–Crippen LogP) is 2.34. The third-order valence-corrected chi connectivity index (χ3v) is 3.12. The van der Waals surface area contributed by atoms with Gasteiger partial charge in [0.15, 0.2) is 0 Å². The van der Waals surface area contributed by atoms with Gasteiger partial charge in [-0.25, -0.2) is 4.98 Å². The molecular formula is C14H19N3. The van der Waals surface area contributed by atoms with E-state index in [2.05, 4.69) is 42.1 Å². The van der Waals surface area contributed by atoms with Crippen molar-refractivity contribution in [1.82, 2.24) is 9.55 Å². The van der Waals surface area contributed by atoms with Crippen LogP contribution in [0.2, 0.25) is 0 Å². The van der Waals surface area contributed by atoms with Gasteiger partial charge in [-0.15, -0.1) is 6.58 Å². The van der Waals surface area contributed by atoms with Gasteiger partial charge in [-0.3, -0.25) is 0 Å². The number of hydrogen-bond acceptors (Lipinski definition) is 2. The third-order valence-electron chi connectivity index (χ3n) is 3.12. The molecule has 0 bridgehead atoms. The van der Waals surface area contributed by atoms with Crippen LogP contribution in [0, 0.1) is 13.8 Å². The molecule has 0 fully saturated rings. The SMILES string of the molecule is C=CCn1c(CCN)nc2cc(C)c(C)cc21. The summed E-state index contributed by atoms with van der Waals surface area (Å²) >= 11 is 0. The molecule has 0 unspecified atom stereocenters. The maximum atomic E-state index is 5.63. The van der Waals surface area contributed by atoms with E-state index in [0.717, 1.165) is 24.3 Å². The molecular weight excluding hydrogens is 210 g/mol. The summed E-state index contributed by atoms with van der Waals surface area (Å²) in [7, 11) is 0. The molecule has 2 rings (SSSR count). The Morgan fingerprint density at radius 3 is 2.71 bits per heavy atom. The fraction of sp³-hybridized carbons (Fsp3) is 0.357. The van der Waals surface area contributed by atoms with Gasteiger partial charge in [0.05, 0.1) is 11.0 Å². The van der Waals surface area contributed by atoms with Gasteiger partial charge >= 0.3 is 0 Å². The van der Waals surface area contributed by atoms with Crippen LogP contribution in [0.4, 0.5) is 0 Å². The van der Waals surface area contributed by atoms with Crippen LogP contribution in [0.1, 0.15) is 17.0 Å². The summed E-state index contributed by atoms with van der Waals surface area (Å²) in [5.41, 5.74) is 10.4. The second-order valence-corrected chi connectivity index (χ2v) is 4.39. The van der Waals surface area contributed by atoms with E-state index in [1.54, 1.807) is 0 Å². The Morgan fingerprint density at radius 2 is 2.06 bits per heavy atom. The molecule has 3 heteroatoms. The summed E-state index contributed by atoms with van der Waals surface area (Å²) < 4.78 is 2.20. The monoisotopic (exact) mass is 229 g/mol. The molecule has 90 valence electrons. The lowest BCUT2D eigenvalue weighted by Gasteiger charge is -2.06. The van der Waals surface area contributed by atoms with Gasteiger partial charge < -0.3 is 10.3 Å². The number of rotatable bonds is 4. The maximum Gasteiger partial charge on any atom is 0.111 e. The lowest BCUT2D eigenvalue weighted by molar-refractivity contribution is 0.748. The highest BCUT2D eigenvalue weighted by Gasteiger charge is 2.10. The van der Waals surface area contributed by atoms with Crippen molar-refractivity contribution in [2.75, 3.05) is 6.54 Å². The molecule has 0 spiro atoms. The van der Waals surface area contributed by atoms with E-state index < -0.39 is 0 Å². The average molecular weight is 229 g/mol. The minimum atomic E-state index is 0.623. The van der Waals surface area contributed by atoms with E-state index in [9.17, 15) is 0 Å². The van der Waals surface area contributed by atoms with E-state index in [4.69, 9.17) is 5.73 Å². The minimum absolute atomic E-state index is 0.623. The molecule has 0 saturated heterocycles. The van der Waals surface area contributed by atoms with Gasteiger partial charge in [0.1, 0.15) is 5.82 Å². The standard InChI is InChI=1S/C14H19N3/c1-4-7-17-13-9-11(3)10(2)8-12(13)16-14(17)5-6-15/h4,8-9H,1,5-7,15H2,2-3H3. The summed E-state index contributed by atoms with van der Waals surface area (Å²) in [6.07, 6.45) is 2.71. The van der Waals surface area contributed by atoms with E-state index in [1.165, 1.54) is 16.6 Å². The van der Waals surface area contributed by atoms with Crippen molar-refractivity contribution in [3.63, 3.8) is 0 Å². The Kier molecular flexibility index (Phi) is 3.29. The van der Waals surface area contributed by atoms with Crippen molar-refractivity contribution >= 4 is 11.0 Å². The lowest BCUT2D eigenvalue weighted by Crippen LogP contribution is -2.09. The average Bonchev–Trinajstić information content (AvgIpc) is 2.59. The number of aromatic nitrogens is 2. The molecule has 0 aliphatic rings. The molecule has 0 radical (unpaired) electrons. The molecule has 1 heterocycles. The Bertz CT molecular complexity index is 552. The van der Waals surface area contributed by atoms with Crippen LogP contribution in [-0.4, -0.2) is 16.1 Å². The fourth-order valence-electron chi connectivity index (χ4n) is 2.08. The molecule has 0 atom stereocenters. The molecule has 0 aliphatic carbocycles. The van der Waals surface area contributed by atoms with Crippen LogP contribution < -0.4 is 5.73 Å². The summed E-state index contributed by atoms with van der Waals surface area (Å²) in [6, 6.07) is 4.34. The minimum Gasteiger partial charge on any atom is -0.330 e. The van der Waals surface area contributed by atoms with Gasteiger partial charge in [-0.05, 0) is 43.7 Å². The molecule has 0 aliphatic heterocycles. The van der Waals surface area contributed by atoms with E-state index in [0.29, 0.717) is 6.54 Å². The van der Waals surface area contributed by atoms with Gasteiger partial charge in [0.2, 0.25) is 0 Å². The highest BCUT2D eigenvalue weighted by Crippen LogP contribution is 2.21. The number of nitrogens with two attached hydrogens (primary N) is 1. The Balaban J connectivity index is 2.66. The highest BCUT2D eigenvalue weighted by atomic mass is 15.1. The molecule has 3 nitrogen and oxygen atoms in total. The normalized spacial score (nSPS) is 11.0. The molecule has 0 saturated carbocycles. The number of fused-ring (bicyclic) bond motifs is 1. The van der Waals surface area contributed by atoms with Crippen molar-refractivity contribution < 1.29 is 0 Å². The number of benzene rings is 1. The Morgan fingerprint density at radius 1 is 1.35 bits per heavy atom. The first-order valence-corrected chi connectivity index (χ1v) is 5.94. The summed E-state index contributed by atoms with van der Waals surface area (Å²) in [4.78, 5) is 4.66. The number of nitrogens with zero attached hydrogens (tertiary/aromatic N) is 2. The Hall–Kier alpha value is -1.61. The van der Waals surface area contributed by atoms with Crippen LogP contribution in [-0.2, 0) is 13.0 Å². The lowest BCUT2D eigenvalue weighted by atomic mass is 10.1. The first-order valence-electron chi connectivity index (χ1n) is 5.94. The first-order chi connectivity index (χ1) is 8.17. The van der Waals surface area contributed by atoms with Crippen LogP contribution in [0.5, 0.6) is 0 Å². The second-order valence-electron chi connectivity index (χ2n) is 4.39. The molecule has 1 aromatic heterocycles. The van der Waals surface area contributed by atoms with Crippen LogP contribution >= 0.6 is 0 Å². The first kappa shape index (κ1) is 11.9. The van der Waals surface area contributed by atoms with E-state index in [-0.39, 0.29) is 0 Å². The molecule has 0 amide bonds. The number of hydrogen-bond donors (Lipinski definition) is 1. The zero-order chi connectivity index (χ0) is 12.4. The van der Waals surface area contributed by atoms with Crippen molar-refractivity contribution in [2.24, 2.45) is 5.73 Å². The zero-order valence-corrected chi connectivity index (χ0v) is 10.5. The number of aryl methyl sites for hydroxylation is 2. The zero-order valence-electron chi connectivity index (χ0n) is 10.5. The molecule has 17 heavy (non-hydrogen) atoms. The maximum absolute atomic E-state index is 5.63. The van der Waals surface area contributed by atoms with Gasteiger partial charge in [0.25, 0.3) is 0 Å². The van der Waals surface area contributed by atoms with Gasteiger partial charge in [0, 0.05) is 13.0 Å². The number of allylic oxidation sites excluding steroid dienone is 1. The Labute approximate surface area is 102 Å².